The van der Waals surface area contributed by atoms with E-state index in [1.807, 2.05) is 43.5 Å². The first kappa shape index (κ1) is 27.1. The minimum atomic E-state index is -4.45. The average Bonchev–Trinajstić information content (AvgIpc) is 3.69. The van der Waals surface area contributed by atoms with Gasteiger partial charge in [-0.1, -0.05) is 30.3 Å². The van der Waals surface area contributed by atoms with Crippen molar-refractivity contribution in [1.82, 2.24) is 9.78 Å². The Morgan fingerprint density at radius 2 is 1.83 bits per heavy atom. The number of hydrogen-bond donors (Lipinski definition) is 0. The minimum absolute atomic E-state index is 0.00724. The van der Waals surface area contributed by atoms with Crippen molar-refractivity contribution in [2.45, 2.75) is 57.0 Å². The summed E-state index contributed by atoms with van der Waals surface area (Å²) in [5.41, 5.74) is 5.90. The number of hydrogen-bond acceptors (Lipinski definition) is 4. The van der Waals surface area contributed by atoms with Crippen LogP contribution in [0.1, 0.15) is 64.6 Å². The van der Waals surface area contributed by atoms with Gasteiger partial charge in [0, 0.05) is 17.7 Å². The molecule has 3 aromatic carbocycles. The van der Waals surface area contributed by atoms with Gasteiger partial charge in [0.25, 0.3) is 0 Å². The summed E-state index contributed by atoms with van der Waals surface area (Å²) in [6.45, 7) is 2.35. The smallest absolute Gasteiger partial charge is 0.417 e. The van der Waals surface area contributed by atoms with Crippen LogP contribution in [0.3, 0.4) is 0 Å². The minimum Gasteiger partial charge on any atom is -0.493 e. The van der Waals surface area contributed by atoms with E-state index >= 15 is 0 Å². The Balaban J connectivity index is 1.24. The SMILES string of the molecule is COC(=O)C[C@@H]1COc2cc(CC[C@@H]3CCc4c3ccc(C(F)(F)F)c4-c3ccc(-n4ccc(C)n4)cc3)ccc21. The molecule has 0 fully saturated rings. The number of esters is 1. The quantitative estimate of drug-likeness (QED) is 0.219. The van der Waals surface area contributed by atoms with E-state index < -0.39 is 11.7 Å². The Morgan fingerprint density at radius 3 is 2.54 bits per heavy atom. The number of ether oxygens (including phenoxy) is 2. The van der Waals surface area contributed by atoms with E-state index in [2.05, 4.69) is 11.2 Å². The average molecular weight is 561 g/mol. The molecule has 0 radical (unpaired) electrons. The number of nitrogens with zero attached hydrogens (tertiary/aromatic N) is 2. The molecule has 0 bridgehead atoms. The van der Waals surface area contributed by atoms with Crippen molar-refractivity contribution in [3.05, 3.63) is 100 Å². The number of halogens is 3. The maximum Gasteiger partial charge on any atom is 0.417 e. The van der Waals surface area contributed by atoms with E-state index in [0.29, 0.717) is 24.2 Å². The third-order valence-corrected chi connectivity index (χ3v) is 8.36. The number of carbonyl (C=O) groups excluding carboxylic acids is 1. The summed E-state index contributed by atoms with van der Waals surface area (Å²) in [7, 11) is 1.38. The predicted molar refractivity (Wildman–Crippen MR) is 149 cm³/mol. The van der Waals surface area contributed by atoms with Crippen molar-refractivity contribution in [2.75, 3.05) is 13.7 Å². The van der Waals surface area contributed by atoms with E-state index in [1.54, 1.807) is 22.9 Å². The molecule has 0 saturated heterocycles. The molecule has 8 heteroatoms. The molecule has 0 saturated carbocycles. The number of carbonyl (C=O) groups is 1. The summed E-state index contributed by atoms with van der Waals surface area (Å²) in [6, 6.07) is 18.1. The Morgan fingerprint density at radius 1 is 1.05 bits per heavy atom. The molecular weight excluding hydrogens is 529 g/mol. The van der Waals surface area contributed by atoms with E-state index in [9.17, 15) is 18.0 Å². The van der Waals surface area contributed by atoms with Gasteiger partial charge in [0.15, 0.2) is 0 Å². The molecule has 0 N–H and O–H groups in total. The van der Waals surface area contributed by atoms with Gasteiger partial charge in [-0.05, 0) is 96.7 Å². The first-order valence-corrected chi connectivity index (χ1v) is 13.9. The zero-order valence-electron chi connectivity index (χ0n) is 23.0. The molecular formula is C33H31F3N2O3. The number of rotatable bonds is 7. The van der Waals surface area contributed by atoms with Crippen LogP contribution in [-0.2, 0) is 28.5 Å². The lowest BCUT2D eigenvalue weighted by molar-refractivity contribution is -0.141. The molecule has 5 nitrogen and oxygen atoms in total. The third-order valence-electron chi connectivity index (χ3n) is 8.36. The number of aryl methyl sites for hydroxylation is 2. The highest BCUT2D eigenvalue weighted by Crippen LogP contribution is 2.47. The van der Waals surface area contributed by atoms with Gasteiger partial charge in [-0.3, -0.25) is 4.79 Å². The van der Waals surface area contributed by atoms with Gasteiger partial charge in [0.05, 0.1) is 37.1 Å². The first-order chi connectivity index (χ1) is 19.7. The van der Waals surface area contributed by atoms with Crippen LogP contribution in [-0.4, -0.2) is 29.5 Å². The van der Waals surface area contributed by atoms with E-state index in [0.717, 1.165) is 58.6 Å². The zero-order chi connectivity index (χ0) is 28.7. The second-order valence-corrected chi connectivity index (χ2v) is 10.9. The number of aromatic nitrogens is 2. The lowest BCUT2D eigenvalue weighted by Crippen LogP contribution is -2.10. The molecule has 2 aliphatic rings. The molecule has 212 valence electrons. The maximum atomic E-state index is 14.2. The summed E-state index contributed by atoms with van der Waals surface area (Å²) < 4.78 is 54.9. The standard InChI is InChI=1S/C33H31F3N2O3/c1-20-15-16-38(37-20)25-9-6-23(7-10-25)32-28-12-8-22(26(28)13-14-29(32)33(34,35)36)5-3-21-4-11-27-24(18-31(39)40-2)19-41-30(27)17-21/h4,6-7,9-11,13-17,22,24H,3,5,8,12,18-19H2,1-2H3/t22-,24-/m1/s1. The lowest BCUT2D eigenvalue weighted by atomic mass is 9.88. The molecule has 1 aromatic heterocycles. The Hall–Kier alpha value is -4.07. The first-order valence-electron chi connectivity index (χ1n) is 13.9. The number of methoxy groups -OCH3 is 1. The fourth-order valence-electron chi connectivity index (χ4n) is 6.27. The maximum absolute atomic E-state index is 14.2. The van der Waals surface area contributed by atoms with E-state index in [-0.39, 0.29) is 24.2 Å². The number of benzene rings is 3. The van der Waals surface area contributed by atoms with Crippen molar-refractivity contribution in [3.8, 4) is 22.6 Å². The monoisotopic (exact) mass is 560 g/mol. The van der Waals surface area contributed by atoms with Crippen molar-refractivity contribution in [1.29, 1.82) is 0 Å². The van der Waals surface area contributed by atoms with Gasteiger partial charge >= 0.3 is 12.1 Å². The summed E-state index contributed by atoms with van der Waals surface area (Å²) in [5, 5.41) is 4.40. The summed E-state index contributed by atoms with van der Waals surface area (Å²) in [5.74, 6) is 0.715. The molecule has 4 aromatic rings. The highest BCUT2D eigenvalue weighted by molar-refractivity contribution is 5.75. The van der Waals surface area contributed by atoms with Crippen molar-refractivity contribution < 1.29 is 27.4 Å². The van der Waals surface area contributed by atoms with E-state index in [4.69, 9.17) is 9.47 Å². The van der Waals surface area contributed by atoms with Crippen LogP contribution < -0.4 is 4.74 Å². The van der Waals surface area contributed by atoms with Crippen molar-refractivity contribution in [3.63, 3.8) is 0 Å². The fraction of sp³-hybridized carbons (Fsp3) is 0.333. The predicted octanol–water partition coefficient (Wildman–Crippen LogP) is 7.57. The molecule has 2 atom stereocenters. The molecule has 6 rings (SSSR count). The van der Waals surface area contributed by atoms with Gasteiger partial charge in [-0.25, -0.2) is 4.68 Å². The Labute approximate surface area is 236 Å². The summed E-state index contributed by atoms with van der Waals surface area (Å²) in [4.78, 5) is 11.7. The normalized spacial score (nSPS) is 17.7. The molecule has 0 spiro atoms. The molecule has 2 heterocycles. The Bertz CT molecular complexity index is 1590. The Kier molecular flexibility index (Phi) is 7.09. The highest BCUT2D eigenvalue weighted by Gasteiger charge is 2.37. The second-order valence-electron chi connectivity index (χ2n) is 10.9. The van der Waals surface area contributed by atoms with Crippen LogP contribution in [0.15, 0.2) is 66.9 Å². The summed E-state index contributed by atoms with van der Waals surface area (Å²) >= 11 is 0. The van der Waals surface area contributed by atoms with Gasteiger partial charge in [-0.15, -0.1) is 0 Å². The van der Waals surface area contributed by atoms with Gasteiger partial charge in [-0.2, -0.15) is 18.3 Å². The highest BCUT2D eigenvalue weighted by atomic mass is 19.4. The van der Waals surface area contributed by atoms with Crippen LogP contribution >= 0.6 is 0 Å². The van der Waals surface area contributed by atoms with Crippen molar-refractivity contribution in [2.24, 2.45) is 0 Å². The molecule has 0 unspecified atom stereocenters. The lowest BCUT2D eigenvalue weighted by Gasteiger charge is -2.19. The van der Waals surface area contributed by atoms with Crippen LogP contribution in [0.25, 0.3) is 16.8 Å². The van der Waals surface area contributed by atoms with Gasteiger partial charge < -0.3 is 9.47 Å². The van der Waals surface area contributed by atoms with Crippen molar-refractivity contribution >= 4 is 5.97 Å². The largest absolute Gasteiger partial charge is 0.493 e. The van der Waals surface area contributed by atoms with Crippen LogP contribution in [0.5, 0.6) is 5.75 Å². The second kappa shape index (κ2) is 10.7. The number of alkyl halides is 3. The third kappa shape index (κ3) is 5.35. The fourth-order valence-corrected chi connectivity index (χ4v) is 6.27. The van der Waals surface area contributed by atoms with E-state index in [1.165, 1.54) is 13.2 Å². The topological polar surface area (TPSA) is 53.4 Å². The van der Waals surface area contributed by atoms with Crippen LogP contribution in [0, 0.1) is 6.92 Å². The molecule has 0 amide bonds. The van der Waals surface area contributed by atoms with Crippen LogP contribution in [0.4, 0.5) is 13.2 Å². The van der Waals surface area contributed by atoms with Crippen LogP contribution in [0.2, 0.25) is 0 Å². The zero-order valence-corrected chi connectivity index (χ0v) is 23.0. The van der Waals surface area contributed by atoms with Gasteiger partial charge in [0.1, 0.15) is 5.75 Å². The molecule has 1 aliphatic heterocycles. The number of fused-ring (bicyclic) bond motifs is 2. The summed E-state index contributed by atoms with van der Waals surface area (Å²) in [6.07, 6.45) is 0.728. The molecule has 41 heavy (non-hydrogen) atoms. The molecule has 1 aliphatic carbocycles. The van der Waals surface area contributed by atoms with Gasteiger partial charge in [0.2, 0.25) is 0 Å².